The van der Waals surface area contributed by atoms with E-state index in [1.165, 1.54) is 11.8 Å². The molecule has 22 heteroatoms. The van der Waals surface area contributed by atoms with E-state index in [0.29, 0.717) is 5.75 Å². The molecule has 0 fully saturated rings. The standard InChI is InChI=1S/C29H50N8O13S/c1-13(2)9-17(35-24(44)15(30)5-6-21(31)40)26(46)33-16(7-8-51-4)25(45)36-19(11-38)28(48)32-14(3)23(43)34-18(10-22(41)42)27(47)37-20(12-39)29(49)50/h13-20,38-39H,5-12,30H2,1-4H3,(H2,31,40)(H,32,48)(H,33,46)(H,34,43)(H,35,44)(H,36,45)(H,37,47)(H,41,42)(H,49,50)/t14-,15-,16-,17-,18-,19-,20-/m0/s1. The van der Waals surface area contributed by atoms with Crippen molar-refractivity contribution in [1.29, 1.82) is 0 Å². The maximum atomic E-state index is 13.3. The molecule has 0 aromatic carbocycles. The Hall–Kier alpha value is -4.54. The molecule has 0 bridgehead atoms. The number of nitrogens with one attached hydrogen (secondary N) is 6. The van der Waals surface area contributed by atoms with Crippen molar-refractivity contribution >= 4 is 65.1 Å². The van der Waals surface area contributed by atoms with Crippen molar-refractivity contribution in [3.63, 3.8) is 0 Å². The second-order valence-electron chi connectivity index (χ2n) is 11.9. The van der Waals surface area contributed by atoms with Crippen LogP contribution in [0.3, 0.4) is 0 Å². The minimum Gasteiger partial charge on any atom is -0.481 e. The number of carboxylic acids is 2. The first kappa shape index (κ1) is 46.5. The van der Waals surface area contributed by atoms with Crippen LogP contribution in [0, 0.1) is 5.92 Å². The number of hydrogen-bond donors (Lipinski definition) is 12. The molecule has 21 nitrogen and oxygen atoms in total. The van der Waals surface area contributed by atoms with Crippen molar-refractivity contribution in [1.82, 2.24) is 31.9 Å². The highest BCUT2D eigenvalue weighted by Gasteiger charge is 2.33. The summed E-state index contributed by atoms with van der Waals surface area (Å²) in [7, 11) is 0. The number of carboxylic acid groups (broad SMARTS) is 2. The van der Waals surface area contributed by atoms with E-state index in [0.717, 1.165) is 6.92 Å². The van der Waals surface area contributed by atoms with Crippen molar-refractivity contribution < 1.29 is 63.6 Å². The first-order valence-corrected chi connectivity index (χ1v) is 17.2. The van der Waals surface area contributed by atoms with Crippen LogP contribution in [0.1, 0.15) is 52.9 Å². The SMILES string of the molecule is CSCC[C@H](NC(=O)[C@H](CC(C)C)NC(=O)[C@@H](N)CCC(N)=O)C(=O)N[C@@H](CO)C(=O)N[C@@H](C)C(=O)N[C@@H](CC(=O)O)C(=O)N[C@@H](CO)C(=O)O. The highest BCUT2D eigenvalue weighted by molar-refractivity contribution is 7.98. The molecule has 7 amide bonds. The van der Waals surface area contributed by atoms with Crippen LogP contribution in [0.2, 0.25) is 0 Å². The molecule has 0 rings (SSSR count). The molecule has 0 saturated carbocycles. The lowest BCUT2D eigenvalue weighted by molar-refractivity contribution is -0.144. The van der Waals surface area contributed by atoms with Crippen LogP contribution in [0.5, 0.6) is 0 Å². The Morgan fingerprint density at radius 2 is 1.10 bits per heavy atom. The lowest BCUT2D eigenvalue weighted by atomic mass is 10.0. The number of nitrogens with two attached hydrogens (primary N) is 2. The van der Waals surface area contributed by atoms with Gasteiger partial charge in [0, 0.05) is 6.42 Å². The molecule has 290 valence electrons. The van der Waals surface area contributed by atoms with Crippen LogP contribution in [0.4, 0.5) is 0 Å². The van der Waals surface area contributed by atoms with Crippen molar-refractivity contribution in [3.8, 4) is 0 Å². The quantitative estimate of drug-likeness (QED) is 0.0415. The minimum absolute atomic E-state index is 0.0586. The van der Waals surface area contributed by atoms with E-state index < -0.39 is 115 Å². The molecular weight excluding hydrogens is 700 g/mol. The summed E-state index contributed by atoms with van der Waals surface area (Å²) >= 11 is 1.34. The zero-order chi connectivity index (χ0) is 39.4. The van der Waals surface area contributed by atoms with E-state index in [9.17, 15) is 48.3 Å². The fourth-order valence-electron chi connectivity index (χ4n) is 4.17. The van der Waals surface area contributed by atoms with Gasteiger partial charge in [-0.05, 0) is 44.1 Å². The Morgan fingerprint density at radius 1 is 0.627 bits per heavy atom. The van der Waals surface area contributed by atoms with Gasteiger partial charge in [-0.25, -0.2) is 4.79 Å². The smallest absolute Gasteiger partial charge is 0.328 e. The minimum atomic E-state index is -1.81. The molecule has 0 unspecified atom stereocenters. The third-order valence-electron chi connectivity index (χ3n) is 7.00. The summed E-state index contributed by atoms with van der Waals surface area (Å²) in [5.41, 5.74) is 10.9. The third-order valence-corrected chi connectivity index (χ3v) is 7.64. The molecule has 0 heterocycles. The number of carbonyl (C=O) groups is 9. The molecule has 0 aliphatic heterocycles. The first-order valence-electron chi connectivity index (χ1n) is 15.8. The number of thioether (sulfide) groups is 1. The highest BCUT2D eigenvalue weighted by atomic mass is 32.2. The molecule has 0 aliphatic carbocycles. The second kappa shape index (κ2) is 23.8. The number of aliphatic carboxylic acids is 2. The van der Waals surface area contributed by atoms with E-state index in [4.69, 9.17) is 26.8 Å². The van der Waals surface area contributed by atoms with E-state index in [2.05, 4.69) is 26.6 Å². The zero-order valence-electron chi connectivity index (χ0n) is 28.8. The van der Waals surface area contributed by atoms with Gasteiger partial charge in [0.25, 0.3) is 0 Å². The Balaban J connectivity index is 5.72. The Kier molecular flexibility index (Phi) is 21.7. The molecule has 0 saturated heterocycles. The average molecular weight is 751 g/mol. The van der Waals surface area contributed by atoms with Gasteiger partial charge in [0.2, 0.25) is 41.4 Å². The van der Waals surface area contributed by atoms with E-state index in [1.54, 1.807) is 20.1 Å². The van der Waals surface area contributed by atoms with Crippen molar-refractivity contribution in [2.24, 2.45) is 17.4 Å². The summed E-state index contributed by atoms with van der Waals surface area (Å²) < 4.78 is 0. The molecule has 0 radical (unpaired) electrons. The van der Waals surface area contributed by atoms with Crippen LogP contribution >= 0.6 is 11.8 Å². The molecule has 0 aromatic heterocycles. The lowest BCUT2D eigenvalue weighted by Gasteiger charge is -2.26. The Morgan fingerprint density at radius 3 is 1.59 bits per heavy atom. The fourth-order valence-corrected chi connectivity index (χ4v) is 4.64. The maximum absolute atomic E-state index is 13.3. The molecule has 0 aromatic rings. The van der Waals surface area contributed by atoms with Crippen LogP contribution in [0.15, 0.2) is 0 Å². The summed E-state index contributed by atoms with van der Waals surface area (Å²) in [5.74, 6) is -9.35. The number of hydrogen-bond acceptors (Lipinski definition) is 13. The highest BCUT2D eigenvalue weighted by Crippen LogP contribution is 2.09. The first-order chi connectivity index (χ1) is 23.8. The number of aliphatic hydroxyl groups excluding tert-OH is 2. The average Bonchev–Trinajstić information content (AvgIpc) is 3.04. The normalized spacial score (nSPS) is 15.1. The fraction of sp³-hybridized carbons (Fsp3) is 0.690. The van der Waals surface area contributed by atoms with Gasteiger partial charge in [0.15, 0.2) is 0 Å². The third kappa shape index (κ3) is 18.3. The van der Waals surface area contributed by atoms with Gasteiger partial charge < -0.3 is 63.8 Å². The summed E-state index contributed by atoms with van der Waals surface area (Å²) in [4.78, 5) is 111. The number of aliphatic hydroxyl groups is 2. The van der Waals surface area contributed by atoms with E-state index in [-0.39, 0.29) is 31.6 Å². The molecule has 0 spiro atoms. The summed E-state index contributed by atoms with van der Waals surface area (Å²) in [5, 5.41) is 50.6. The largest absolute Gasteiger partial charge is 0.481 e. The molecule has 14 N–H and O–H groups in total. The van der Waals surface area contributed by atoms with Crippen LogP contribution in [-0.4, -0.2) is 141 Å². The van der Waals surface area contributed by atoms with Gasteiger partial charge in [-0.15, -0.1) is 0 Å². The van der Waals surface area contributed by atoms with E-state index >= 15 is 0 Å². The second-order valence-corrected chi connectivity index (χ2v) is 12.8. The lowest BCUT2D eigenvalue weighted by Crippen LogP contribution is -2.60. The van der Waals surface area contributed by atoms with Crippen molar-refractivity contribution in [2.45, 2.75) is 95.2 Å². The Labute approximate surface area is 298 Å². The van der Waals surface area contributed by atoms with Gasteiger partial charge in [-0.2, -0.15) is 11.8 Å². The molecular formula is C29H50N8O13S. The molecule has 7 atom stereocenters. The van der Waals surface area contributed by atoms with Gasteiger partial charge in [0.05, 0.1) is 25.7 Å². The van der Waals surface area contributed by atoms with Crippen molar-refractivity contribution in [2.75, 3.05) is 25.2 Å². The zero-order valence-corrected chi connectivity index (χ0v) is 29.6. The Bertz CT molecular complexity index is 1250. The van der Waals surface area contributed by atoms with E-state index in [1.807, 2.05) is 5.32 Å². The summed E-state index contributed by atoms with van der Waals surface area (Å²) in [6, 6.07) is -10.3. The maximum Gasteiger partial charge on any atom is 0.328 e. The van der Waals surface area contributed by atoms with Crippen LogP contribution in [-0.2, 0) is 43.2 Å². The number of rotatable bonds is 25. The monoisotopic (exact) mass is 750 g/mol. The number of carbonyl (C=O) groups excluding carboxylic acids is 7. The van der Waals surface area contributed by atoms with Crippen LogP contribution in [0.25, 0.3) is 0 Å². The summed E-state index contributed by atoms with van der Waals surface area (Å²) in [6.07, 6.45) is 0.747. The summed E-state index contributed by atoms with van der Waals surface area (Å²) in [6.45, 7) is 2.72. The number of primary amides is 1. The molecule has 51 heavy (non-hydrogen) atoms. The van der Waals surface area contributed by atoms with Crippen molar-refractivity contribution in [3.05, 3.63) is 0 Å². The number of amides is 7. The van der Waals surface area contributed by atoms with Gasteiger partial charge in [-0.1, -0.05) is 13.8 Å². The van der Waals surface area contributed by atoms with Crippen LogP contribution < -0.4 is 43.4 Å². The van der Waals surface area contributed by atoms with Gasteiger partial charge >= 0.3 is 11.9 Å². The van der Waals surface area contributed by atoms with Gasteiger partial charge in [0.1, 0.15) is 36.3 Å². The molecule has 0 aliphatic rings. The predicted molar refractivity (Wildman–Crippen MR) is 180 cm³/mol. The topological polar surface area (TPSA) is 359 Å². The predicted octanol–water partition coefficient (Wildman–Crippen LogP) is -5.15. The van der Waals surface area contributed by atoms with Gasteiger partial charge in [-0.3, -0.25) is 38.4 Å².